The normalized spacial score (nSPS) is 38.8. The van der Waals surface area contributed by atoms with E-state index in [2.05, 4.69) is 31.0 Å². The lowest BCUT2D eigenvalue weighted by molar-refractivity contribution is -0.0208. The molecule has 19 heavy (non-hydrogen) atoms. The average molecular weight is 264 g/mol. The van der Waals surface area contributed by atoms with Crippen molar-refractivity contribution in [3.05, 3.63) is 0 Å². The summed E-state index contributed by atoms with van der Waals surface area (Å²) in [5.74, 6) is 1.73. The van der Waals surface area contributed by atoms with Crippen LogP contribution >= 0.6 is 0 Å². The highest BCUT2D eigenvalue weighted by molar-refractivity contribution is 5.07. The Hall–Kier alpha value is -0.0800. The first-order valence-corrected chi connectivity index (χ1v) is 8.61. The molecule has 1 heterocycles. The van der Waals surface area contributed by atoms with E-state index in [1.165, 1.54) is 58.0 Å². The van der Waals surface area contributed by atoms with E-state index in [9.17, 15) is 0 Å². The second-order valence-corrected chi connectivity index (χ2v) is 7.81. The summed E-state index contributed by atoms with van der Waals surface area (Å²) in [6, 6.07) is 1.58. The van der Waals surface area contributed by atoms with Crippen LogP contribution < -0.4 is 5.32 Å². The zero-order valence-corrected chi connectivity index (χ0v) is 13.1. The Labute approximate surface area is 119 Å². The van der Waals surface area contributed by atoms with Gasteiger partial charge in [0.05, 0.1) is 0 Å². The van der Waals surface area contributed by atoms with Crippen molar-refractivity contribution in [2.45, 2.75) is 83.3 Å². The largest absolute Gasteiger partial charge is 0.311 e. The number of nitrogens with zero attached hydrogens (tertiary/aromatic N) is 1. The van der Waals surface area contributed by atoms with E-state index >= 15 is 0 Å². The van der Waals surface area contributed by atoms with E-state index in [1.807, 2.05) is 0 Å². The molecule has 0 bridgehead atoms. The molecular formula is C17H32N2. The minimum absolute atomic E-state index is 0.452. The molecule has 2 aliphatic carbocycles. The first kappa shape index (κ1) is 13.9. The van der Waals surface area contributed by atoms with Gasteiger partial charge in [0.25, 0.3) is 0 Å². The predicted octanol–water partition coefficient (Wildman–Crippen LogP) is 3.42. The third-order valence-corrected chi connectivity index (χ3v) is 6.05. The molecule has 0 aromatic rings. The fourth-order valence-electron chi connectivity index (χ4n) is 4.41. The van der Waals surface area contributed by atoms with Gasteiger partial charge in [-0.1, -0.05) is 33.1 Å². The standard InChI is InChI=1S/C17H32N2/c1-13(2)16-11-19(15-7-5-4-6-8-15)17(3,12-18-16)14-9-10-14/h13-16,18H,4-12H2,1-3H3. The molecular weight excluding hydrogens is 232 g/mol. The van der Waals surface area contributed by atoms with E-state index in [0.717, 1.165) is 17.9 Å². The first-order valence-electron chi connectivity index (χ1n) is 8.61. The van der Waals surface area contributed by atoms with Gasteiger partial charge in [-0.2, -0.15) is 0 Å². The minimum atomic E-state index is 0.452. The van der Waals surface area contributed by atoms with Crippen molar-refractivity contribution in [3.63, 3.8) is 0 Å². The van der Waals surface area contributed by atoms with E-state index in [-0.39, 0.29) is 0 Å². The Morgan fingerprint density at radius 2 is 1.74 bits per heavy atom. The summed E-state index contributed by atoms with van der Waals surface area (Å²) in [5.41, 5.74) is 0.452. The zero-order valence-electron chi connectivity index (χ0n) is 13.1. The average Bonchev–Trinajstić information content (AvgIpc) is 3.24. The first-order chi connectivity index (χ1) is 9.11. The van der Waals surface area contributed by atoms with Crippen LogP contribution in [0.4, 0.5) is 0 Å². The van der Waals surface area contributed by atoms with Gasteiger partial charge in [-0.15, -0.1) is 0 Å². The highest BCUT2D eigenvalue weighted by atomic mass is 15.3. The van der Waals surface area contributed by atoms with Crippen LogP contribution in [0.25, 0.3) is 0 Å². The second-order valence-electron chi connectivity index (χ2n) is 7.81. The highest BCUT2D eigenvalue weighted by Gasteiger charge is 2.50. The molecule has 0 amide bonds. The van der Waals surface area contributed by atoms with E-state index in [1.54, 1.807) is 0 Å². The van der Waals surface area contributed by atoms with Crippen LogP contribution in [-0.2, 0) is 0 Å². The molecule has 2 saturated carbocycles. The summed E-state index contributed by atoms with van der Waals surface area (Å²) in [5, 5.41) is 3.86. The number of hydrogen-bond donors (Lipinski definition) is 1. The molecule has 0 radical (unpaired) electrons. The maximum absolute atomic E-state index is 3.86. The van der Waals surface area contributed by atoms with Crippen LogP contribution in [0.2, 0.25) is 0 Å². The molecule has 2 unspecified atom stereocenters. The summed E-state index contributed by atoms with van der Waals surface area (Å²) in [4.78, 5) is 2.95. The van der Waals surface area contributed by atoms with Gasteiger partial charge in [-0.25, -0.2) is 0 Å². The molecule has 1 aliphatic heterocycles. The molecule has 0 aromatic heterocycles. The minimum Gasteiger partial charge on any atom is -0.311 e. The van der Waals surface area contributed by atoms with E-state index in [4.69, 9.17) is 0 Å². The van der Waals surface area contributed by atoms with Crippen LogP contribution in [0.5, 0.6) is 0 Å². The quantitative estimate of drug-likeness (QED) is 0.840. The lowest BCUT2D eigenvalue weighted by Crippen LogP contribution is -2.68. The number of hydrogen-bond acceptors (Lipinski definition) is 2. The van der Waals surface area contributed by atoms with Crippen molar-refractivity contribution < 1.29 is 0 Å². The molecule has 0 spiro atoms. The molecule has 3 aliphatic rings. The second kappa shape index (κ2) is 5.37. The van der Waals surface area contributed by atoms with Gasteiger partial charge in [0.1, 0.15) is 0 Å². The summed E-state index contributed by atoms with van der Waals surface area (Å²) >= 11 is 0. The van der Waals surface area contributed by atoms with Gasteiger partial charge in [-0.3, -0.25) is 4.90 Å². The molecule has 3 fully saturated rings. The van der Waals surface area contributed by atoms with E-state index in [0.29, 0.717) is 11.6 Å². The van der Waals surface area contributed by atoms with Gasteiger partial charge in [0, 0.05) is 30.7 Å². The Kier molecular flexibility index (Phi) is 3.92. The Balaban J connectivity index is 1.76. The predicted molar refractivity (Wildman–Crippen MR) is 81.3 cm³/mol. The van der Waals surface area contributed by atoms with Gasteiger partial charge in [-0.05, 0) is 44.4 Å². The van der Waals surface area contributed by atoms with Crippen molar-refractivity contribution in [3.8, 4) is 0 Å². The van der Waals surface area contributed by atoms with Gasteiger partial charge < -0.3 is 5.32 Å². The molecule has 0 aromatic carbocycles. The number of nitrogens with one attached hydrogen (secondary N) is 1. The van der Waals surface area contributed by atoms with Crippen LogP contribution in [0, 0.1) is 11.8 Å². The molecule has 3 rings (SSSR count). The van der Waals surface area contributed by atoms with E-state index < -0.39 is 0 Å². The van der Waals surface area contributed by atoms with Crippen molar-refractivity contribution >= 4 is 0 Å². The Morgan fingerprint density at radius 1 is 1.05 bits per heavy atom. The monoisotopic (exact) mass is 264 g/mol. The van der Waals surface area contributed by atoms with Gasteiger partial charge in [0.2, 0.25) is 0 Å². The summed E-state index contributed by atoms with van der Waals surface area (Å²) < 4.78 is 0. The molecule has 2 heteroatoms. The molecule has 2 nitrogen and oxygen atoms in total. The van der Waals surface area contributed by atoms with Crippen LogP contribution in [0.1, 0.15) is 65.7 Å². The van der Waals surface area contributed by atoms with Crippen molar-refractivity contribution in [1.82, 2.24) is 10.2 Å². The zero-order chi connectivity index (χ0) is 13.5. The highest BCUT2D eigenvalue weighted by Crippen LogP contribution is 2.46. The molecule has 110 valence electrons. The van der Waals surface area contributed by atoms with Crippen molar-refractivity contribution in [2.24, 2.45) is 11.8 Å². The van der Waals surface area contributed by atoms with Crippen molar-refractivity contribution in [1.29, 1.82) is 0 Å². The third kappa shape index (κ3) is 2.71. The molecule has 1 N–H and O–H groups in total. The van der Waals surface area contributed by atoms with Crippen molar-refractivity contribution in [2.75, 3.05) is 13.1 Å². The lowest BCUT2D eigenvalue weighted by atomic mass is 9.82. The SMILES string of the molecule is CC(C)C1CN(C2CCCCC2)C(C)(C2CC2)CN1. The fourth-order valence-corrected chi connectivity index (χ4v) is 4.41. The maximum Gasteiger partial charge on any atom is 0.0337 e. The lowest BCUT2D eigenvalue weighted by Gasteiger charge is -2.53. The summed E-state index contributed by atoms with van der Waals surface area (Å²) in [7, 11) is 0. The summed E-state index contributed by atoms with van der Waals surface area (Å²) in [6.07, 6.45) is 10.2. The topological polar surface area (TPSA) is 15.3 Å². The maximum atomic E-state index is 3.86. The third-order valence-electron chi connectivity index (χ3n) is 6.05. The van der Waals surface area contributed by atoms with Crippen LogP contribution in [0.15, 0.2) is 0 Å². The number of piperazine rings is 1. The fraction of sp³-hybridized carbons (Fsp3) is 1.00. The molecule has 1 saturated heterocycles. The summed E-state index contributed by atoms with van der Waals surface area (Å²) in [6.45, 7) is 9.79. The Bertz CT molecular complexity index is 304. The smallest absolute Gasteiger partial charge is 0.0337 e. The Morgan fingerprint density at radius 3 is 2.32 bits per heavy atom. The molecule has 2 atom stereocenters. The van der Waals surface area contributed by atoms with Gasteiger partial charge >= 0.3 is 0 Å². The van der Waals surface area contributed by atoms with Crippen LogP contribution in [-0.4, -0.2) is 35.6 Å². The van der Waals surface area contributed by atoms with Gasteiger partial charge in [0.15, 0.2) is 0 Å². The number of rotatable bonds is 3. The van der Waals surface area contributed by atoms with Crippen LogP contribution in [0.3, 0.4) is 0 Å².